The summed E-state index contributed by atoms with van der Waals surface area (Å²) in [4.78, 5) is 16.4. The highest BCUT2D eigenvalue weighted by Crippen LogP contribution is 2.23. The fourth-order valence-corrected chi connectivity index (χ4v) is 2.77. The van der Waals surface area contributed by atoms with E-state index in [1.807, 2.05) is 30.3 Å². The summed E-state index contributed by atoms with van der Waals surface area (Å²) in [5, 5.41) is 5.33. The first-order valence-corrected chi connectivity index (χ1v) is 7.64. The highest BCUT2D eigenvalue weighted by Gasteiger charge is 2.11. The Morgan fingerprint density at radius 2 is 1.82 bits per heavy atom. The lowest BCUT2D eigenvalue weighted by atomic mass is 10.2. The van der Waals surface area contributed by atoms with E-state index in [1.165, 1.54) is 23.5 Å². The van der Waals surface area contributed by atoms with Crippen molar-refractivity contribution in [2.45, 2.75) is 6.54 Å². The third-order valence-corrected chi connectivity index (χ3v) is 4.02. The van der Waals surface area contributed by atoms with Gasteiger partial charge in [-0.05, 0) is 17.7 Å². The zero-order valence-electron chi connectivity index (χ0n) is 11.6. The third-order valence-electron chi connectivity index (χ3n) is 3.12. The number of amides is 1. The molecule has 0 saturated carbocycles. The minimum absolute atomic E-state index is 0.234. The minimum atomic E-state index is -0.290. The van der Waals surface area contributed by atoms with Crippen LogP contribution in [0.4, 0.5) is 4.39 Å². The summed E-state index contributed by atoms with van der Waals surface area (Å²) in [6, 6.07) is 15.8. The van der Waals surface area contributed by atoms with Crippen LogP contribution in [0.1, 0.15) is 16.1 Å². The van der Waals surface area contributed by atoms with Gasteiger partial charge in [-0.3, -0.25) is 4.79 Å². The molecule has 0 saturated heterocycles. The summed E-state index contributed by atoms with van der Waals surface area (Å²) < 4.78 is 12.8. The standard InChI is InChI=1S/C17H13FN2OS/c18-14-8-6-12(7-9-14)10-19-16(21)15-11-22-17(20-15)13-4-2-1-3-5-13/h1-9,11H,10H2,(H,19,21). The lowest BCUT2D eigenvalue weighted by Crippen LogP contribution is -2.23. The maximum Gasteiger partial charge on any atom is 0.271 e. The van der Waals surface area contributed by atoms with E-state index in [2.05, 4.69) is 10.3 Å². The Morgan fingerprint density at radius 1 is 1.09 bits per heavy atom. The van der Waals surface area contributed by atoms with Gasteiger partial charge in [0.05, 0.1) is 0 Å². The van der Waals surface area contributed by atoms with Crippen molar-refractivity contribution in [2.24, 2.45) is 0 Å². The fourth-order valence-electron chi connectivity index (χ4n) is 1.97. The SMILES string of the molecule is O=C(NCc1ccc(F)cc1)c1csc(-c2ccccc2)n1. The molecule has 0 fully saturated rings. The smallest absolute Gasteiger partial charge is 0.271 e. The van der Waals surface area contributed by atoms with E-state index in [9.17, 15) is 9.18 Å². The summed E-state index contributed by atoms with van der Waals surface area (Å²) in [5.41, 5.74) is 2.23. The number of carbonyl (C=O) groups excluding carboxylic acids is 1. The zero-order valence-corrected chi connectivity index (χ0v) is 12.4. The Labute approximate surface area is 131 Å². The molecule has 0 atom stereocenters. The molecule has 0 aliphatic carbocycles. The summed E-state index contributed by atoms with van der Waals surface area (Å²) >= 11 is 1.43. The number of benzene rings is 2. The molecule has 0 aliphatic heterocycles. The van der Waals surface area contributed by atoms with E-state index >= 15 is 0 Å². The molecular weight excluding hydrogens is 299 g/mol. The highest BCUT2D eigenvalue weighted by atomic mass is 32.1. The second-order valence-corrected chi connectivity index (χ2v) is 5.57. The Balaban J connectivity index is 1.66. The summed E-state index contributed by atoms with van der Waals surface area (Å²) in [6.45, 7) is 0.345. The van der Waals surface area contributed by atoms with Crippen LogP contribution in [-0.4, -0.2) is 10.9 Å². The van der Waals surface area contributed by atoms with Gasteiger partial charge in [0.15, 0.2) is 0 Å². The van der Waals surface area contributed by atoms with Gasteiger partial charge in [0, 0.05) is 17.5 Å². The van der Waals surface area contributed by atoms with Gasteiger partial charge in [-0.25, -0.2) is 9.37 Å². The maximum atomic E-state index is 12.8. The number of hydrogen-bond acceptors (Lipinski definition) is 3. The molecule has 1 amide bonds. The van der Waals surface area contributed by atoms with Gasteiger partial charge in [0.25, 0.3) is 5.91 Å². The molecule has 2 aromatic carbocycles. The molecule has 3 nitrogen and oxygen atoms in total. The molecule has 1 aromatic heterocycles. The Kier molecular flexibility index (Phi) is 4.25. The van der Waals surface area contributed by atoms with Crippen LogP contribution < -0.4 is 5.32 Å². The van der Waals surface area contributed by atoms with Crippen molar-refractivity contribution in [2.75, 3.05) is 0 Å². The van der Waals surface area contributed by atoms with Crippen LogP contribution in [-0.2, 0) is 6.54 Å². The average molecular weight is 312 g/mol. The van der Waals surface area contributed by atoms with Crippen molar-refractivity contribution >= 4 is 17.2 Å². The van der Waals surface area contributed by atoms with E-state index in [-0.39, 0.29) is 11.7 Å². The molecule has 0 bridgehead atoms. The molecule has 1 N–H and O–H groups in total. The monoisotopic (exact) mass is 312 g/mol. The molecule has 110 valence electrons. The van der Waals surface area contributed by atoms with Crippen molar-refractivity contribution < 1.29 is 9.18 Å². The molecule has 3 aromatic rings. The van der Waals surface area contributed by atoms with Crippen LogP contribution in [0, 0.1) is 5.82 Å². The number of halogens is 1. The van der Waals surface area contributed by atoms with Crippen molar-refractivity contribution in [3.8, 4) is 10.6 Å². The van der Waals surface area contributed by atoms with E-state index in [0.29, 0.717) is 12.2 Å². The molecule has 0 aliphatic rings. The third kappa shape index (κ3) is 3.38. The zero-order chi connectivity index (χ0) is 15.4. The normalized spacial score (nSPS) is 10.4. The summed E-state index contributed by atoms with van der Waals surface area (Å²) in [6.07, 6.45) is 0. The fraction of sp³-hybridized carbons (Fsp3) is 0.0588. The van der Waals surface area contributed by atoms with Crippen molar-refractivity contribution in [3.05, 3.63) is 77.1 Å². The predicted octanol–water partition coefficient (Wildman–Crippen LogP) is 3.88. The Bertz CT molecular complexity index is 769. The molecule has 0 spiro atoms. The summed E-state index contributed by atoms with van der Waals surface area (Å²) in [5.74, 6) is -0.523. The molecule has 22 heavy (non-hydrogen) atoms. The largest absolute Gasteiger partial charge is 0.347 e. The topological polar surface area (TPSA) is 42.0 Å². The van der Waals surface area contributed by atoms with Gasteiger partial charge >= 0.3 is 0 Å². The van der Waals surface area contributed by atoms with E-state index in [0.717, 1.165) is 16.1 Å². The molecule has 3 rings (SSSR count). The molecular formula is C17H13FN2OS. The molecule has 5 heteroatoms. The Morgan fingerprint density at radius 3 is 2.55 bits per heavy atom. The molecule has 0 radical (unpaired) electrons. The second-order valence-electron chi connectivity index (χ2n) is 4.71. The van der Waals surface area contributed by atoms with Gasteiger partial charge in [0.1, 0.15) is 16.5 Å². The predicted molar refractivity (Wildman–Crippen MR) is 85.1 cm³/mol. The van der Waals surface area contributed by atoms with Crippen LogP contribution in [0.5, 0.6) is 0 Å². The van der Waals surface area contributed by atoms with Gasteiger partial charge in [-0.1, -0.05) is 42.5 Å². The summed E-state index contributed by atoms with van der Waals surface area (Å²) in [7, 11) is 0. The number of aromatic nitrogens is 1. The molecule has 1 heterocycles. The van der Waals surface area contributed by atoms with Crippen molar-refractivity contribution in [1.29, 1.82) is 0 Å². The number of thiazole rings is 1. The number of nitrogens with zero attached hydrogens (tertiary/aromatic N) is 1. The van der Waals surface area contributed by atoms with E-state index in [1.54, 1.807) is 17.5 Å². The number of hydrogen-bond donors (Lipinski definition) is 1. The highest BCUT2D eigenvalue weighted by molar-refractivity contribution is 7.13. The molecule has 0 unspecified atom stereocenters. The first-order valence-electron chi connectivity index (χ1n) is 6.76. The van der Waals surface area contributed by atoms with Crippen LogP contribution in [0.3, 0.4) is 0 Å². The van der Waals surface area contributed by atoms with Crippen molar-refractivity contribution in [1.82, 2.24) is 10.3 Å². The maximum absolute atomic E-state index is 12.8. The van der Waals surface area contributed by atoms with Crippen LogP contribution in [0.25, 0.3) is 10.6 Å². The number of nitrogens with one attached hydrogen (secondary N) is 1. The lowest BCUT2D eigenvalue weighted by Gasteiger charge is -2.03. The average Bonchev–Trinajstić information content (AvgIpc) is 3.05. The lowest BCUT2D eigenvalue weighted by molar-refractivity contribution is 0.0946. The van der Waals surface area contributed by atoms with Gasteiger partial charge in [0.2, 0.25) is 0 Å². The minimum Gasteiger partial charge on any atom is -0.347 e. The van der Waals surface area contributed by atoms with Gasteiger partial charge in [-0.2, -0.15) is 0 Å². The first kappa shape index (κ1) is 14.4. The van der Waals surface area contributed by atoms with E-state index < -0.39 is 0 Å². The quantitative estimate of drug-likeness (QED) is 0.794. The van der Waals surface area contributed by atoms with Gasteiger partial charge < -0.3 is 5.32 Å². The number of rotatable bonds is 4. The second kappa shape index (κ2) is 6.49. The van der Waals surface area contributed by atoms with E-state index in [4.69, 9.17) is 0 Å². The first-order chi connectivity index (χ1) is 10.7. The van der Waals surface area contributed by atoms with Crippen LogP contribution in [0.15, 0.2) is 60.0 Å². The number of carbonyl (C=O) groups is 1. The van der Waals surface area contributed by atoms with Gasteiger partial charge in [-0.15, -0.1) is 11.3 Å². The van der Waals surface area contributed by atoms with Crippen molar-refractivity contribution in [3.63, 3.8) is 0 Å². The Hall–Kier alpha value is -2.53. The van der Waals surface area contributed by atoms with Crippen LogP contribution in [0.2, 0.25) is 0 Å². The van der Waals surface area contributed by atoms with Crippen LogP contribution >= 0.6 is 11.3 Å².